The number of imidazole rings is 1. The van der Waals surface area contributed by atoms with Gasteiger partial charge in [0.15, 0.2) is 11.2 Å². The quantitative estimate of drug-likeness (QED) is 0.537. The highest BCUT2D eigenvalue weighted by molar-refractivity contribution is 5.76. The Balaban J connectivity index is 1.44. The normalized spacial score (nSPS) is 11.0. The van der Waals surface area contributed by atoms with E-state index in [0.29, 0.717) is 30.9 Å². The summed E-state index contributed by atoms with van der Waals surface area (Å²) in [7, 11) is 2.99. The predicted molar refractivity (Wildman–Crippen MR) is 109 cm³/mol. The number of hydrogen-bond acceptors (Lipinski definition) is 5. The average molecular weight is 399 g/mol. The fourth-order valence-electron chi connectivity index (χ4n) is 3.04. The van der Waals surface area contributed by atoms with Crippen LogP contribution in [-0.2, 0) is 25.4 Å². The number of carbonyl (C=O) groups excluding carboxylic acids is 1. The van der Waals surface area contributed by atoms with Gasteiger partial charge in [0.25, 0.3) is 5.56 Å². The van der Waals surface area contributed by atoms with Crippen molar-refractivity contribution < 1.29 is 9.53 Å². The molecule has 1 N–H and O–H groups in total. The van der Waals surface area contributed by atoms with E-state index in [9.17, 15) is 14.4 Å². The largest absolute Gasteiger partial charge is 0.494 e. The van der Waals surface area contributed by atoms with Crippen LogP contribution in [0.1, 0.15) is 19.3 Å². The number of benzene rings is 1. The molecule has 1 amide bonds. The molecule has 9 heteroatoms. The van der Waals surface area contributed by atoms with Gasteiger partial charge in [-0.25, -0.2) is 9.78 Å². The van der Waals surface area contributed by atoms with Gasteiger partial charge in [-0.1, -0.05) is 18.2 Å². The summed E-state index contributed by atoms with van der Waals surface area (Å²) < 4.78 is 9.59. The van der Waals surface area contributed by atoms with Crippen LogP contribution in [0.3, 0.4) is 0 Å². The zero-order chi connectivity index (χ0) is 20.8. The van der Waals surface area contributed by atoms with Crippen LogP contribution >= 0.6 is 0 Å². The van der Waals surface area contributed by atoms with E-state index in [1.54, 1.807) is 11.6 Å². The smallest absolute Gasteiger partial charge is 0.332 e. The van der Waals surface area contributed by atoms with Crippen molar-refractivity contribution in [2.24, 2.45) is 14.1 Å². The van der Waals surface area contributed by atoms with E-state index in [1.165, 1.54) is 17.9 Å². The van der Waals surface area contributed by atoms with Gasteiger partial charge in [0.05, 0.1) is 12.9 Å². The number of aromatic nitrogens is 4. The molecule has 0 aliphatic heterocycles. The fraction of sp³-hybridized carbons (Fsp3) is 0.400. The highest BCUT2D eigenvalue weighted by Crippen LogP contribution is 2.09. The molecule has 3 rings (SSSR count). The molecule has 0 atom stereocenters. The third kappa shape index (κ3) is 4.74. The Labute approximate surface area is 167 Å². The summed E-state index contributed by atoms with van der Waals surface area (Å²) in [4.78, 5) is 40.6. The van der Waals surface area contributed by atoms with Gasteiger partial charge in [-0.15, -0.1) is 0 Å². The van der Waals surface area contributed by atoms with E-state index in [0.717, 1.165) is 23.2 Å². The molecule has 0 radical (unpaired) electrons. The average Bonchev–Trinajstić information content (AvgIpc) is 3.16. The number of carbonyl (C=O) groups is 1. The summed E-state index contributed by atoms with van der Waals surface area (Å²) in [6, 6.07) is 9.61. The van der Waals surface area contributed by atoms with Crippen molar-refractivity contribution in [3.8, 4) is 5.75 Å². The molecular formula is C20H25N5O4. The number of ether oxygens (including phenoxy) is 1. The molecule has 0 fully saturated rings. The molecule has 2 aromatic heterocycles. The van der Waals surface area contributed by atoms with Crippen LogP contribution in [-0.4, -0.2) is 37.7 Å². The van der Waals surface area contributed by atoms with Crippen LogP contribution in [0.5, 0.6) is 5.75 Å². The molecule has 9 nitrogen and oxygen atoms in total. The van der Waals surface area contributed by atoms with Gasteiger partial charge in [-0.05, 0) is 25.0 Å². The summed E-state index contributed by atoms with van der Waals surface area (Å²) in [5, 5.41) is 2.87. The Morgan fingerprint density at radius 2 is 1.86 bits per heavy atom. The lowest BCUT2D eigenvalue weighted by Crippen LogP contribution is -2.37. The van der Waals surface area contributed by atoms with Gasteiger partial charge in [-0.3, -0.25) is 18.7 Å². The van der Waals surface area contributed by atoms with Crippen molar-refractivity contribution in [1.29, 1.82) is 0 Å². The van der Waals surface area contributed by atoms with E-state index in [-0.39, 0.29) is 12.3 Å². The fourth-order valence-corrected chi connectivity index (χ4v) is 3.04. The van der Waals surface area contributed by atoms with E-state index in [4.69, 9.17) is 4.74 Å². The molecule has 0 saturated carbocycles. The molecule has 0 aliphatic carbocycles. The number of nitrogens with zero attached hydrogens (tertiary/aromatic N) is 4. The van der Waals surface area contributed by atoms with Gasteiger partial charge >= 0.3 is 5.69 Å². The van der Waals surface area contributed by atoms with Crippen LogP contribution < -0.4 is 21.3 Å². The van der Waals surface area contributed by atoms with Gasteiger partial charge in [-0.2, -0.15) is 0 Å². The van der Waals surface area contributed by atoms with Crippen molar-refractivity contribution >= 4 is 17.1 Å². The molecule has 0 unspecified atom stereocenters. The SMILES string of the molecule is Cn1c(=O)c2c(ncn2CCC(=O)NCCCCOc2ccccc2)n(C)c1=O. The molecule has 0 bridgehead atoms. The minimum absolute atomic E-state index is 0.0996. The van der Waals surface area contributed by atoms with Crippen LogP contribution in [0.2, 0.25) is 0 Å². The first-order valence-corrected chi connectivity index (χ1v) is 9.54. The molecule has 0 saturated heterocycles. The number of para-hydroxylation sites is 1. The highest BCUT2D eigenvalue weighted by Gasteiger charge is 2.14. The van der Waals surface area contributed by atoms with Crippen molar-refractivity contribution in [2.45, 2.75) is 25.8 Å². The number of rotatable bonds is 9. The Morgan fingerprint density at radius 1 is 1.10 bits per heavy atom. The number of hydrogen-bond donors (Lipinski definition) is 1. The van der Waals surface area contributed by atoms with E-state index >= 15 is 0 Å². The third-order valence-corrected chi connectivity index (χ3v) is 4.70. The summed E-state index contributed by atoms with van der Waals surface area (Å²) in [5.41, 5.74) is -0.210. The Bertz CT molecular complexity index is 1100. The van der Waals surface area contributed by atoms with Crippen molar-refractivity contribution in [1.82, 2.24) is 24.0 Å². The Kier molecular flexibility index (Phi) is 6.48. The molecule has 29 heavy (non-hydrogen) atoms. The molecule has 3 aromatic rings. The first kappa shape index (κ1) is 20.4. The molecule has 1 aromatic carbocycles. The topological polar surface area (TPSA) is 100 Å². The summed E-state index contributed by atoms with van der Waals surface area (Å²) >= 11 is 0. The second-order valence-corrected chi connectivity index (χ2v) is 6.78. The molecule has 0 spiro atoms. The van der Waals surface area contributed by atoms with Crippen LogP contribution in [0, 0.1) is 0 Å². The van der Waals surface area contributed by atoms with Gasteiger partial charge in [0.1, 0.15) is 5.75 Å². The first-order valence-electron chi connectivity index (χ1n) is 9.54. The standard InChI is InChI=1S/C20H25N5O4/c1-23-18-17(19(27)24(2)20(23)28)25(14-22-18)12-10-16(26)21-11-6-7-13-29-15-8-4-3-5-9-15/h3-5,8-9,14H,6-7,10-13H2,1-2H3,(H,21,26). The van der Waals surface area contributed by atoms with Crippen LogP contribution in [0.15, 0.2) is 46.2 Å². The monoisotopic (exact) mass is 399 g/mol. The van der Waals surface area contributed by atoms with Gasteiger partial charge < -0.3 is 14.6 Å². The number of aryl methyl sites for hydroxylation is 2. The molecule has 2 heterocycles. The number of unbranched alkanes of at least 4 members (excludes halogenated alkanes) is 1. The van der Waals surface area contributed by atoms with Crippen molar-refractivity contribution in [3.63, 3.8) is 0 Å². The minimum Gasteiger partial charge on any atom is -0.494 e. The maximum atomic E-state index is 12.4. The first-order chi connectivity index (χ1) is 14.0. The zero-order valence-electron chi connectivity index (χ0n) is 16.6. The summed E-state index contributed by atoms with van der Waals surface area (Å²) in [6.45, 7) is 1.48. The van der Waals surface area contributed by atoms with E-state index in [2.05, 4.69) is 10.3 Å². The van der Waals surface area contributed by atoms with Crippen LogP contribution in [0.25, 0.3) is 11.2 Å². The Morgan fingerprint density at radius 3 is 2.62 bits per heavy atom. The molecule has 154 valence electrons. The second-order valence-electron chi connectivity index (χ2n) is 6.78. The third-order valence-electron chi connectivity index (χ3n) is 4.70. The van der Waals surface area contributed by atoms with Gasteiger partial charge in [0, 0.05) is 33.6 Å². The Hall–Kier alpha value is -3.36. The summed E-state index contributed by atoms with van der Waals surface area (Å²) in [6.07, 6.45) is 3.36. The summed E-state index contributed by atoms with van der Waals surface area (Å²) in [5.74, 6) is 0.741. The van der Waals surface area contributed by atoms with Gasteiger partial charge in [0.2, 0.25) is 5.91 Å². The maximum Gasteiger partial charge on any atom is 0.332 e. The highest BCUT2D eigenvalue weighted by atomic mass is 16.5. The lowest BCUT2D eigenvalue weighted by atomic mass is 10.3. The number of nitrogens with one attached hydrogen (secondary N) is 1. The maximum absolute atomic E-state index is 12.4. The van der Waals surface area contributed by atoms with Crippen molar-refractivity contribution in [2.75, 3.05) is 13.2 Å². The zero-order valence-corrected chi connectivity index (χ0v) is 16.6. The second kappa shape index (κ2) is 9.22. The lowest BCUT2D eigenvalue weighted by molar-refractivity contribution is -0.121. The van der Waals surface area contributed by atoms with Crippen molar-refractivity contribution in [3.05, 3.63) is 57.5 Å². The van der Waals surface area contributed by atoms with E-state index < -0.39 is 11.2 Å². The predicted octanol–water partition coefficient (Wildman–Crippen LogP) is 0.799. The number of amides is 1. The van der Waals surface area contributed by atoms with Crippen LogP contribution in [0.4, 0.5) is 0 Å². The molecule has 0 aliphatic rings. The minimum atomic E-state index is -0.429. The number of fused-ring (bicyclic) bond motifs is 1. The molecular weight excluding hydrogens is 374 g/mol. The van der Waals surface area contributed by atoms with E-state index in [1.807, 2.05) is 30.3 Å². The lowest BCUT2D eigenvalue weighted by Gasteiger charge is -2.08.